The van der Waals surface area contributed by atoms with Crippen LogP contribution in [0.15, 0.2) is 23.9 Å². The first kappa shape index (κ1) is 9.16. The number of rotatable bonds is 1. The normalized spacial score (nSPS) is 20.6. The number of benzene rings is 1. The molecule has 1 atom stereocenters. The summed E-state index contributed by atoms with van der Waals surface area (Å²) in [6, 6.07) is 8.80. The van der Waals surface area contributed by atoms with Crippen molar-refractivity contribution in [1.29, 1.82) is 0 Å². The van der Waals surface area contributed by atoms with Crippen LogP contribution in [0.4, 0.5) is 0 Å². The van der Waals surface area contributed by atoms with Crippen molar-refractivity contribution in [1.82, 2.24) is 0 Å². The minimum absolute atomic E-state index is 0.765. The summed E-state index contributed by atoms with van der Waals surface area (Å²) in [4.78, 5) is 0. The van der Waals surface area contributed by atoms with Crippen LogP contribution in [-0.4, -0.2) is 49.0 Å². The Kier molecular flexibility index (Phi) is 2.88. The molecular formula is C11H11K. The Labute approximate surface area is 108 Å². The molecule has 2 rings (SSSR count). The Morgan fingerprint density at radius 2 is 2.08 bits per heavy atom. The van der Waals surface area contributed by atoms with Gasteiger partial charge < -0.3 is 0 Å². The molecule has 0 nitrogen and oxygen atoms in total. The van der Waals surface area contributed by atoms with Gasteiger partial charge in [0.1, 0.15) is 0 Å². The van der Waals surface area contributed by atoms with Gasteiger partial charge in [-0.2, -0.15) is 0 Å². The van der Waals surface area contributed by atoms with Gasteiger partial charge in [0, 0.05) is 0 Å². The third kappa shape index (κ3) is 1.49. The molecule has 0 amide bonds. The van der Waals surface area contributed by atoms with Gasteiger partial charge in [-0.1, -0.05) is 0 Å². The van der Waals surface area contributed by atoms with Gasteiger partial charge in [0.25, 0.3) is 0 Å². The van der Waals surface area contributed by atoms with Gasteiger partial charge in [-0.3, -0.25) is 0 Å². The van der Waals surface area contributed by atoms with Crippen molar-refractivity contribution in [2.24, 2.45) is 0 Å². The first-order chi connectivity index (χ1) is 5.83. The summed E-state index contributed by atoms with van der Waals surface area (Å²) in [7, 11) is 0. The number of hydrogen-bond donors (Lipinski definition) is 0. The third-order valence-electron chi connectivity index (χ3n) is 2.71. The maximum absolute atomic E-state index is 2.39. The molecule has 0 radical (unpaired) electrons. The van der Waals surface area contributed by atoms with Gasteiger partial charge in [-0.05, 0) is 0 Å². The predicted molar refractivity (Wildman–Crippen MR) is 53.2 cm³/mol. The number of allylic oxidation sites excluding steroid dienone is 1. The van der Waals surface area contributed by atoms with Gasteiger partial charge in [0.05, 0.1) is 0 Å². The summed E-state index contributed by atoms with van der Waals surface area (Å²) in [6.07, 6.45) is 3.66. The monoisotopic (exact) mass is 182 g/mol. The topological polar surface area (TPSA) is 0 Å². The minimum atomic E-state index is 0.765. The van der Waals surface area contributed by atoms with Crippen LogP contribution < -0.4 is 0 Å². The second-order valence-corrected chi connectivity index (χ2v) is 5.28. The molecule has 1 aliphatic carbocycles. The second kappa shape index (κ2) is 3.77. The molecule has 56 valence electrons. The summed E-state index contributed by atoms with van der Waals surface area (Å²) in [6.45, 7) is 2.28. The summed E-state index contributed by atoms with van der Waals surface area (Å²) < 4.78 is 1.70. The standard InChI is InChI=1S/C11H11.K/c1-2-9-7-8-10-5-3-4-6-11(9)10;/h3-6,8-9H,2H2,1H3;. The molecule has 1 aromatic carbocycles. The van der Waals surface area contributed by atoms with E-state index >= 15 is 0 Å². The van der Waals surface area contributed by atoms with Gasteiger partial charge in [-0.25, -0.2) is 0 Å². The molecule has 0 aliphatic heterocycles. The summed E-state index contributed by atoms with van der Waals surface area (Å²) >= 11 is 0.854. The first-order valence-corrected chi connectivity index (χ1v) is 6.16. The van der Waals surface area contributed by atoms with Gasteiger partial charge in [-0.15, -0.1) is 0 Å². The first-order valence-electron chi connectivity index (χ1n) is 4.60. The fourth-order valence-electron chi connectivity index (χ4n) is 2.09. The van der Waals surface area contributed by atoms with Crippen molar-refractivity contribution in [3.8, 4) is 0 Å². The summed E-state index contributed by atoms with van der Waals surface area (Å²) in [5.74, 6) is 0.765. The zero-order chi connectivity index (χ0) is 8.55. The van der Waals surface area contributed by atoms with Crippen LogP contribution >= 0.6 is 0 Å². The average Bonchev–Trinajstić information content (AvgIpc) is 2.40. The molecule has 0 saturated heterocycles. The Bertz CT molecular complexity index is 326. The Hall–Kier alpha value is 0.596. The van der Waals surface area contributed by atoms with Crippen LogP contribution in [-0.2, 0) is 0 Å². The molecule has 1 heteroatoms. The van der Waals surface area contributed by atoms with Crippen molar-refractivity contribution in [2.75, 3.05) is 0 Å². The third-order valence-corrected chi connectivity index (χ3v) is 4.25. The zero-order valence-corrected chi connectivity index (χ0v) is 10.8. The molecule has 0 N–H and O–H groups in total. The van der Waals surface area contributed by atoms with E-state index in [0.717, 1.165) is 54.9 Å². The maximum atomic E-state index is 2.39. The van der Waals surface area contributed by atoms with E-state index in [1.807, 2.05) is 0 Å². The van der Waals surface area contributed by atoms with E-state index in [1.165, 1.54) is 12.0 Å². The second-order valence-electron chi connectivity index (χ2n) is 3.48. The van der Waals surface area contributed by atoms with Crippen molar-refractivity contribution < 1.29 is 0 Å². The molecule has 0 saturated carbocycles. The molecule has 0 heterocycles. The quantitative estimate of drug-likeness (QED) is 0.586. The molecule has 1 aliphatic rings. The molecule has 12 heavy (non-hydrogen) atoms. The van der Waals surface area contributed by atoms with Crippen molar-refractivity contribution in [3.63, 3.8) is 0 Å². The molecule has 1 aromatic rings. The van der Waals surface area contributed by atoms with Crippen LogP contribution in [0, 0.1) is 0 Å². The van der Waals surface area contributed by atoms with Crippen LogP contribution in [0.1, 0.15) is 30.4 Å². The van der Waals surface area contributed by atoms with E-state index in [9.17, 15) is 0 Å². The van der Waals surface area contributed by atoms with E-state index < -0.39 is 0 Å². The SMILES string of the molecule is CCC1[C]([K])=Cc2ccccc21. The van der Waals surface area contributed by atoms with E-state index in [2.05, 4.69) is 37.3 Å². The fourth-order valence-corrected chi connectivity index (χ4v) is 3.70. The van der Waals surface area contributed by atoms with Crippen LogP contribution in [0.25, 0.3) is 6.08 Å². The van der Waals surface area contributed by atoms with Gasteiger partial charge in [0.15, 0.2) is 0 Å². The fraction of sp³-hybridized carbons (Fsp3) is 0.273. The summed E-state index contributed by atoms with van der Waals surface area (Å²) in [5.41, 5.74) is 3.02. The predicted octanol–water partition coefficient (Wildman–Crippen LogP) is 2.70. The summed E-state index contributed by atoms with van der Waals surface area (Å²) in [5, 5.41) is 0. The zero-order valence-electron chi connectivity index (χ0n) is 7.67. The van der Waals surface area contributed by atoms with Gasteiger partial charge >= 0.3 is 109 Å². The number of fused-ring (bicyclic) bond motifs is 1. The van der Waals surface area contributed by atoms with Crippen LogP contribution in [0.5, 0.6) is 0 Å². The van der Waals surface area contributed by atoms with Crippen molar-refractivity contribution in [2.45, 2.75) is 19.3 Å². The van der Waals surface area contributed by atoms with E-state index in [1.54, 1.807) is 5.23 Å². The molecule has 0 bridgehead atoms. The number of hydrogen-bond acceptors (Lipinski definition) is 0. The van der Waals surface area contributed by atoms with E-state index in [4.69, 9.17) is 0 Å². The Morgan fingerprint density at radius 3 is 2.83 bits per heavy atom. The van der Waals surface area contributed by atoms with E-state index in [-0.39, 0.29) is 0 Å². The van der Waals surface area contributed by atoms with Gasteiger partial charge in [0.2, 0.25) is 0 Å². The molecule has 0 fully saturated rings. The van der Waals surface area contributed by atoms with E-state index in [0.29, 0.717) is 0 Å². The molecule has 0 spiro atoms. The molecule has 1 unspecified atom stereocenters. The van der Waals surface area contributed by atoms with Crippen LogP contribution in [0.2, 0.25) is 0 Å². The van der Waals surface area contributed by atoms with Crippen LogP contribution in [0.3, 0.4) is 0 Å². The molecular weight excluding hydrogens is 171 g/mol. The Morgan fingerprint density at radius 1 is 1.33 bits per heavy atom. The molecule has 0 aromatic heterocycles. The Balaban J connectivity index is 2.50. The van der Waals surface area contributed by atoms with Crippen molar-refractivity contribution in [3.05, 3.63) is 35.1 Å². The average molecular weight is 182 g/mol. The van der Waals surface area contributed by atoms with Crippen molar-refractivity contribution >= 4 is 55.0 Å².